The fraction of sp³-hybridized carbons (Fsp3) is 0.632. The first-order valence-electron chi connectivity index (χ1n) is 8.96. The second-order valence-electron chi connectivity index (χ2n) is 6.52. The molecular formula is C19H33IN4O. The Morgan fingerprint density at radius 1 is 1.20 bits per heavy atom. The van der Waals surface area contributed by atoms with Gasteiger partial charge in [0.05, 0.1) is 6.61 Å². The number of benzene rings is 1. The van der Waals surface area contributed by atoms with E-state index in [1.54, 1.807) is 0 Å². The molecule has 0 amide bonds. The maximum Gasteiger partial charge on any atom is 0.193 e. The molecular weight excluding hydrogens is 427 g/mol. The number of hydrogen-bond acceptors (Lipinski definition) is 3. The van der Waals surface area contributed by atoms with E-state index in [4.69, 9.17) is 4.74 Å². The lowest BCUT2D eigenvalue weighted by Crippen LogP contribution is -2.41. The average Bonchev–Trinajstić information content (AvgIpc) is 3.43. The Morgan fingerprint density at radius 3 is 2.56 bits per heavy atom. The summed E-state index contributed by atoms with van der Waals surface area (Å²) < 4.78 is 5.70. The largest absolute Gasteiger partial charge is 0.379 e. The van der Waals surface area contributed by atoms with Crippen LogP contribution in [0.2, 0.25) is 0 Å². The van der Waals surface area contributed by atoms with E-state index in [0.29, 0.717) is 0 Å². The molecule has 0 aromatic heterocycles. The van der Waals surface area contributed by atoms with Crippen molar-refractivity contribution in [2.24, 2.45) is 10.9 Å². The summed E-state index contributed by atoms with van der Waals surface area (Å²) in [4.78, 5) is 8.76. The van der Waals surface area contributed by atoms with E-state index in [1.807, 2.05) is 13.1 Å². The Morgan fingerprint density at radius 2 is 1.92 bits per heavy atom. The lowest BCUT2D eigenvalue weighted by atomic mass is 10.3. The zero-order chi connectivity index (χ0) is 17.2. The van der Waals surface area contributed by atoms with E-state index >= 15 is 0 Å². The third-order valence-electron chi connectivity index (χ3n) is 4.35. The highest BCUT2D eigenvalue weighted by Gasteiger charge is 2.21. The number of halogens is 1. The van der Waals surface area contributed by atoms with Crippen molar-refractivity contribution in [2.45, 2.75) is 19.3 Å². The van der Waals surface area contributed by atoms with Crippen LogP contribution < -0.4 is 10.2 Å². The van der Waals surface area contributed by atoms with Gasteiger partial charge in [0, 0.05) is 53.1 Å². The molecule has 0 spiro atoms. The number of rotatable bonds is 10. The summed E-state index contributed by atoms with van der Waals surface area (Å²) >= 11 is 0. The van der Waals surface area contributed by atoms with Gasteiger partial charge in [0.2, 0.25) is 0 Å². The Kier molecular flexibility index (Phi) is 10.9. The van der Waals surface area contributed by atoms with Gasteiger partial charge in [-0.3, -0.25) is 4.99 Å². The number of nitrogens with zero attached hydrogens (tertiary/aromatic N) is 3. The van der Waals surface area contributed by atoms with Crippen molar-refractivity contribution in [1.29, 1.82) is 0 Å². The van der Waals surface area contributed by atoms with Crippen LogP contribution in [0.5, 0.6) is 0 Å². The van der Waals surface area contributed by atoms with E-state index in [2.05, 4.69) is 58.5 Å². The number of ether oxygens (including phenoxy) is 1. The Balaban J connectivity index is 0.00000312. The molecule has 142 valence electrons. The average molecular weight is 460 g/mol. The number of likely N-dealkylation sites (N-methyl/N-ethyl adjacent to an activating group) is 1. The molecule has 25 heavy (non-hydrogen) atoms. The highest BCUT2D eigenvalue weighted by molar-refractivity contribution is 14.0. The van der Waals surface area contributed by atoms with Gasteiger partial charge in [0.25, 0.3) is 0 Å². The lowest BCUT2D eigenvalue weighted by molar-refractivity contribution is 0.115. The predicted octanol–water partition coefficient (Wildman–Crippen LogP) is 3.06. The summed E-state index contributed by atoms with van der Waals surface area (Å²) in [6.45, 7) is 4.49. The van der Waals surface area contributed by atoms with Crippen LogP contribution in [-0.2, 0) is 4.74 Å². The molecule has 1 saturated carbocycles. The minimum Gasteiger partial charge on any atom is -0.379 e. The van der Waals surface area contributed by atoms with Crippen LogP contribution in [0.3, 0.4) is 0 Å². The molecule has 0 atom stereocenters. The number of para-hydroxylation sites is 1. The third kappa shape index (κ3) is 8.76. The van der Waals surface area contributed by atoms with E-state index in [1.165, 1.54) is 18.5 Å². The van der Waals surface area contributed by atoms with Crippen LogP contribution in [-0.4, -0.2) is 64.9 Å². The van der Waals surface area contributed by atoms with Crippen molar-refractivity contribution in [3.05, 3.63) is 30.3 Å². The summed E-state index contributed by atoms with van der Waals surface area (Å²) in [5.41, 5.74) is 1.26. The number of anilines is 1. The van der Waals surface area contributed by atoms with Gasteiger partial charge in [-0.2, -0.15) is 0 Å². The van der Waals surface area contributed by atoms with E-state index in [0.717, 1.165) is 51.1 Å². The molecule has 5 nitrogen and oxygen atoms in total. The molecule has 2 rings (SSSR count). The molecule has 0 aliphatic heterocycles. The van der Waals surface area contributed by atoms with Gasteiger partial charge >= 0.3 is 0 Å². The molecule has 0 saturated heterocycles. The SMILES string of the molecule is CN=C(NCCCN(C)c1ccccc1)N(C)CCOCC1CC1.I. The van der Waals surface area contributed by atoms with Crippen molar-refractivity contribution in [3.8, 4) is 0 Å². The molecule has 1 aromatic carbocycles. The van der Waals surface area contributed by atoms with Crippen LogP contribution in [0.15, 0.2) is 35.3 Å². The van der Waals surface area contributed by atoms with Gasteiger partial charge in [0.15, 0.2) is 5.96 Å². The van der Waals surface area contributed by atoms with Gasteiger partial charge in [-0.15, -0.1) is 24.0 Å². The van der Waals surface area contributed by atoms with Crippen LogP contribution >= 0.6 is 24.0 Å². The quantitative estimate of drug-likeness (QED) is 0.252. The van der Waals surface area contributed by atoms with Crippen LogP contribution in [0.4, 0.5) is 5.69 Å². The summed E-state index contributed by atoms with van der Waals surface area (Å²) in [6.07, 6.45) is 3.75. The molecule has 1 fully saturated rings. The Hall–Kier alpha value is -1.02. The third-order valence-corrected chi connectivity index (χ3v) is 4.35. The smallest absolute Gasteiger partial charge is 0.193 e. The first-order valence-corrected chi connectivity index (χ1v) is 8.96. The first-order chi connectivity index (χ1) is 11.7. The predicted molar refractivity (Wildman–Crippen MR) is 117 cm³/mol. The van der Waals surface area contributed by atoms with Crippen LogP contribution in [0.1, 0.15) is 19.3 Å². The molecule has 1 aliphatic rings. The molecule has 1 aliphatic carbocycles. The second-order valence-corrected chi connectivity index (χ2v) is 6.52. The highest BCUT2D eigenvalue weighted by atomic mass is 127. The monoisotopic (exact) mass is 460 g/mol. The first kappa shape index (κ1) is 22.0. The summed E-state index contributed by atoms with van der Waals surface area (Å²) in [6, 6.07) is 10.5. The molecule has 0 radical (unpaired) electrons. The van der Waals surface area contributed by atoms with Crippen molar-refractivity contribution >= 4 is 35.6 Å². The van der Waals surface area contributed by atoms with Crippen molar-refractivity contribution in [3.63, 3.8) is 0 Å². The zero-order valence-corrected chi connectivity index (χ0v) is 18.1. The van der Waals surface area contributed by atoms with Crippen LogP contribution in [0, 0.1) is 5.92 Å². The fourth-order valence-corrected chi connectivity index (χ4v) is 2.55. The Labute approximate surface area is 169 Å². The molecule has 1 N–H and O–H groups in total. The van der Waals surface area contributed by atoms with E-state index < -0.39 is 0 Å². The maximum atomic E-state index is 5.70. The van der Waals surface area contributed by atoms with Crippen LogP contribution in [0.25, 0.3) is 0 Å². The topological polar surface area (TPSA) is 40.1 Å². The van der Waals surface area contributed by atoms with Crippen molar-refractivity contribution in [2.75, 3.05) is 58.9 Å². The molecule has 0 heterocycles. The van der Waals surface area contributed by atoms with E-state index in [-0.39, 0.29) is 24.0 Å². The van der Waals surface area contributed by atoms with E-state index in [9.17, 15) is 0 Å². The fourth-order valence-electron chi connectivity index (χ4n) is 2.55. The van der Waals surface area contributed by atoms with Crippen molar-refractivity contribution in [1.82, 2.24) is 10.2 Å². The van der Waals surface area contributed by atoms with Gasteiger partial charge < -0.3 is 19.9 Å². The Bertz CT molecular complexity index is 493. The standard InChI is InChI=1S/C19H32N4O.HI/c1-20-19(23(3)14-15-24-16-17-10-11-17)21-12-7-13-22(2)18-8-5-4-6-9-18;/h4-6,8-9,17H,7,10-16H2,1-3H3,(H,20,21);1H. The molecule has 6 heteroatoms. The molecule has 0 bridgehead atoms. The second kappa shape index (κ2) is 12.4. The number of aliphatic imine (C=N–C) groups is 1. The summed E-state index contributed by atoms with van der Waals surface area (Å²) in [7, 11) is 6.03. The van der Waals surface area contributed by atoms with Gasteiger partial charge in [-0.25, -0.2) is 0 Å². The number of nitrogens with one attached hydrogen (secondary N) is 1. The zero-order valence-electron chi connectivity index (χ0n) is 15.8. The van der Waals surface area contributed by atoms with Gasteiger partial charge in [0.1, 0.15) is 0 Å². The van der Waals surface area contributed by atoms with Crippen molar-refractivity contribution < 1.29 is 4.74 Å². The van der Waals surface area contributed by atoms with Gasteiger partial charge in [-0.1, -0.05) is 18.2 Å². The number of guanidine groups is 1. The molecule has 1 aromatic rings. The van der Waals surface area contributed by atoms with Gasteiger partial charge in [-0.05, 0) is 37.3 Å². The lowest BCUT2D eigenvalue weighted by Gasteiger charge is -2.23. The minimum atomic E-state index is 0. The molecule has 0 unspecified atom stereocenters. The highest BCUT2D eigenvalue weighted by Crippen LogP contribution is 2.28. The minimum absolute atomic E-state index is 0. The summed E-state index contributed by atoms with van der Waals surface area (Å²) in [5, 5.41) is 3.43. The number of hydrogen-bond donors (Lipinski definition) is 1. The normalized spacial score (nSPS) is 14.0. The maximum absolute atomic E-state index is 5.70. The summed E-state index contributed by atoms with van der Waals surface area (Å²) in [5.74, 6) is 1.77.